The van der Waals surface area contributed by atoms with Gasteiger partial charge in [-0.2, -0.15) is 0 Å². The quantitative estimate of drug-likeness (QED) is 0.494. The van der Waals surface area contributed by atoms with Crippen molar-refractivity contribution in [2.75, 3.05) is 26.6 Å². The predicted molar refractivity (Wildman–Crippen MR) is 61.0 cm³/mol. The van der Waals surface area contributed by atoms with E-state index in [9.17, 15) is 13.2 Å². The molecule has 0 unspecified atom stereocenters. The van der Waals surface area contributed by atoms with Gasteiger partial charge in [0.05, 0.1) is 12.9 Å². The highest BCUT2D eigenvalue weighted by Gasteiger charge is 2.42. The van der Waals surface area contributed by atoms with Gasteiger partial charge in [0.1, 0.15) is 0 Å². The van der Waals surface area contributed by atoms with Crippen molar-refractivity contribution in [3.63, 3.8) is 0 Å². The molecule has 0 amide bonds. The lowest BCUT2D eigenvalue weighted by atomic mass is 10.2. The fraction of sp³-hybridized carbons (Fsp3) is 0.900. The molecular formula is C10H20O5S. The molecule has 6 heteroatoms. The van der Waals surface area contributed by atoms with E-state index < -0.39 is 20.6 Å². The van der Waals surface area contributed by atoms with Crippen LogP contribution in [0.3, 0.4) is 0 Å². The SMILES string of the molecule is COCCCCS(=O)(=O)C(C)(C)C(=O)OC. The summed E-state index contributed by atoms with van der Waals surface area (Å²) in [5.74, 6) is -0.752. The molecule has 0 fully saturated rings. The topological polar surface area (TPSA) is 69.7 Å². The van der Waals surface area contributed by atoms with Crippen LogP contribution in [0.15, 0.2) is 0 Å². The second kappa shape index (κ2) is 6.20. The van der Waals surface area contributed by atoms with Crippen molar-refractivity contribution >= 4 is 15.8 Å². The molecule has 16 heavy (non-hydrogen) atoms. The highest BCUT2D eigenvalue weighted by atomic mass is 32.2. The maximum Gasteiger partial charge on any atom is 0.326 e. The van der Waals surface area contributed by atoms with Gasteiger partial charge in [0.25, 0.3) is 0 Å². The zero-order chi connectivity index (χ0) is 12.8. The lowest BCUT2D eigenvalue weighted by Crippen LogP contribution is -2.42. The molecule has 0 aliphatic heterocycles. The van der Waals surface area contributed by atoms with Crippen molar-refractivity contribution in [2.45, 2.75) is 31.4 Å². The monoisotopic (exact) mass is 252 g/mol. The fourth-order valence-electron chi connectivity index (χ4n) is 1.17. The standard InChI is InChI=1S/C10H20O5S/c1-10(2,9(11)15-4)16(12,13)8-6-5-7-14-3/h5-8H2,1-4H3. The molecule has 0 radical (unpaired) electrons. The highest BCUT2D eigenvalue weighted by Crippen LogP contribution is 2.20. The highest BCUT2D eigenvalue weighted by molar-refractivity contribution is 7.93. The van der Waals surface area contributed by atoms with Gasteiger partial charge in [-0.05, 0) is 26.7 Å². The molecular weight excluding hydrogens is 232 g/mol. The summed E-state index contributed by atoms with van der Waals surface area (Å²) >= 11 is 0. The number of carbonyl (C=O) groups is 1. The van der Waals surface area contributed by atoms with Crippen LogP contribution in [0.1, 0.15) is 26.7 Å². The third-order valence-electron chi connectivity index (χ3n) is 2.47. The first-order valence-electron chi connectivity index (χ1n) is 5.09. The van der Waals surface area contributed by atoms with Gasteiger partial charge < -0.3 is 9.47 Å². The first-order valence-corrected chi connectivity index (χ1v) is 6.74. The Balaban J connectivity index is 4.48. The smallest absolute Gasteiger partial charge is 0.326 e. The lowest BCUT2D eigenvalue weighted by molar-refractivity contribution is -0.142. The van der Waals surface area contributed by atoms with E-state index >= 15 is 0 Å². The minimum atomic E-state index is -3.48. The molecule has 0 aliphatic carbocycles. The summed E-state index contributed by atoms with van der Waals surface area (Å²) in [5, 5.41) is 0. The van der Waals surface area contributed by atoms with Crippen molar-refractivity contribution in [1.29, 1.82) is 0 Å². The minimum Gasteiger partial charge on any atom is -0.468 e. The van der Waals surface area contributed by atoms with E-state index in [-0.39, 0.29) is 5.75 Å². The van der Waals surface area contributed by atoms with E-state index in [1.165, 1.54) is 21.0 Å². The summed E-state index contributed by atoms with van der Waals surface area (Å²) < 4.78 is 31.6. The molecule has 0 spiro atoms. The van der Waals surface area contributed by atoms with Crippen LogP contribution in [0.4, 0.5) is 0 Å². The van der Waals surface area contributed by atoms with E-state index in [4.69, 9.17) is 4.74 Å². The number of sulfone groups is 1. The van der Waals surface area contributed by atoms with Crippen LogP contribution in [-0.4, -0.2) is 45.7 Å². The van der Waals surface area contributed by atoms with Crippen LogP contribution in [0.25, 0.3) is 0 Å². The van der Waals surface area contributed by atoms with E-state index in [1.54, 1.807) is 7.11 Å². The Morgan fingerprint density at radius 3 is 2.19 bits per heavy atom. The van der Waals surface area contributed by atoms with E-state index in [0.717, 1.165) is 0 Å². The first kappa shape index (κ1) is 15.4. The molecule has 5 nitrogen and oxygen atoms in total. The number of carbonyl (C=O) groups excluding carboxylic acids is 1. The summed E-state index contributed by atoms with van der Waals surface area (Å²) in [5.41, 5.74) is 0. The fourth-order valence-corrected chi connectivity index (χ4v) is 2.60. The maximum absolute atomic E-state index is 11.9. The van der Waals surface area contributed by atoms with Gasteiger partial charge in [0.2, 0.25) is 0 Å². The normalized spacial score (nSPS) is 12.5. The van der Waals surface area contributed by atoms with Gasteiger partial charge in [0, 0.05) is 13.7 Å². The Morgan fingerprint density at radius 2 is 1.75 bits per heavy atom. The second-order valence-electron chi connectivity index (χ2n) is 4.02. The van der Waals surface area contributed by atoms with Gasteiger partial charge >= 0.3 is 5.97 Å². The predicted octanol–water partition coefficient (Wildman–Crippen LogP) is 0.779. The zero-order valence-corrected chi connectivity index (χ0v) is 11.1. The van der Waals surface area contributed by atoms with Crippen LogP contribution >= 0.6 is 0 Å². The average molecular weight is 252 g/mol. The molecule has 0 saturated carbocycles. The van der Waals surface area contributed by atoms with E-state index in [1.807, 2.05) is 0 Å². The molecule has 0 bridgehead atoms. The summed E-state index contributed by atoms with van der Waals surface area (Å²) in [4.78, 5) is 11.3. The van der Waals surface area contributed by atoms with Gasteiger partial charge in [-0.25, -0.2) is 8.42 Å². The van der Waals surface area contributed by atoms with Crippen LogP contribution in [0.2, 0.25) is 0 Å². The third kappa shape index (κ3) is 3.75. The molecule has 0 aliphatic rings. The average Bonchev–Trinajstić information content (AvgIpc) is 2.22. The molecule has 0 atom stereocenters. The molecule has 0 heterocycles. The maximum atomic E-state index is 11.9. The third-order valence-corrected chi connectivity index (χ3v) is 5.01. The Bertz CT molecular complexity index is 318. The lowest BCUT2D eigenvalue weighted by Gasteiger charge is -2.21. The molecule has 0 rings (SSSR count). The van der Waals surface area contributed by atoms with E-state index in [2.05, 4.69) is 4.74 Å². The summed E-state index contributed by atoms with van der Waals surface area (Å²) in [6, 6.07) is 0. The molecule has 0 aromatic carbocycles. The number of esters is 1. The number of ether oxygens (including phenoxy) is 2. The van der Waals surface area contributed by atoms with Crippen molar-refractivity contribution in [3.8, 4) is 0 Å². The second-order valence-corrected chi connectivity index (χ2v) is 6.68. The Hall–Kier alpha value is -0.620. The number of hydrogen-bond acceptors (Lipinski definition) is 5. The Morgan fingerprint density at radius 1 is 1.19 bits per heavy atom. The molecule has 0 aromatic heterocycles. The van der Waals surface area contributed by atoms with Crippen LogP contribution < -0.4 is 0 Å². The first-order chi connectivity index (χ1) is 7.29. The number of hydrogen-bond donors (Lipinski definition) is 0. The summed E-state index contributed by atoms with van der Waals surface area (Å²) in [7, 11) is -0.734. The van der Waals surface area contributed by atoms with Crippen LogP contribution in [0.5, 0.6) is 0 Å². The molecule has 96 valence electrons. The van der Waals surface area contributed by atoms with Gasteiger partial charge in [-0.3, -0.25) is 4.79 Å². The van der Waals surface area contributed by atoms with Crippen LogP contribution in [0, 0.1) is 0 Å². The number of unbranched alkanes of at least 4 members (excludes halogenated alkanes) is 1. The van der Waals surface area contributed by atoms with Crippen molar-refractivity contribution < 1.29 is 22.7 Å². The zero-order valence-electron chi connectivity index (χ0n) is 10.3. The van der Waals surface area contributed by atoms with E-state index in [0.29, 0.717) is 19.4 Å². The van der Waals surface area contributed by atoms with Gasteiger partial charge in [-0.15, -0.1) is 0 Å². The molecule has 0 saturated heterocycles. The van der Waals surface area contributed by atoms with Crippen molar-refractivity contribution in [2.24, 2.45) is 0 Å². The van der Waals surface area contributed by atoms with Crippen molar-refractivity contribution in [1.82, 2.24) is 0 Å². The van der Waals surface area contributed by atoms with Crippen molar-refractivity contribution in [3.05, 3.63) is 0 Å². The summed E-state index contributed by atoms with van der Waals surface area (Å²) in [6.07, 6.45) is 1.14. The Kier molecular flexibility index (Phi) is 5.96. The van der Waals surface area contributed by atoms with Gasteiger partial charge in [-0.1, -0.05) is 0 Å². The molecule has 0 N–H and O–H groups in total. The van der Waals surface area contributed by atoms with Crippen LogP contribution in [-0.2, 0) is 24.1 Å². The number of methoxy groups -OCH3 is 2. The number of rotatable bonds is 7. The largest absolute Gasteiger partial charge is 0.468 e. The molecule has 0 aromatic rings. The minimum absolute atomic E-state index is 0.0293. The Labute approximate surface area is 97.0 Å². The summed E-state index contributed by atoms with van der Waals surface area (Å²) in [6.45, 7) is 3.25. The van der Waals surface area contributed by atoms with Gasteiger partial charge in [0.15, 0.2) is 14.6 Å².